The number of carbonyl (C=O) groups is 1. The maximum Gasteiger partial charge on any atom is 0.417 e. The van der Waals surface area contributed by atoms with Gasteiger partial charge >= 0.3 is 12.2 Å². The van der Waals surface area contributed by atoms with Crippen LogP contribution in [0.2, 0.25) is 0 Å². The molecule has 0 saturated carbocycles. The van der Waals surface area contributed by atoms with Gasteiger partial charge in [0.2, 0.25) is 0 Å². The molecule has 5 heterocycles. The van der Waals surface area contributed by atoms with Gasteiger partial charge in [0.15, 0.2) is 17.2 Å². The summed E-state index contributed by atoms with van der Waals surface area (Å²) in [5, 5.41) is -0.0926. The van der Waals surface area contributed by atoms with Gasteiger partial charge in [-0.25, -0.2) is 8.78 Å². The average molecular weight is 690 g/mol. The molecule has 3 aliphatic heterocycles. The van der Waals surface area contributed by atoms with E-state index >= 15 is 4.39 Å². The summed E-state index contributed by atoms with van der Waals surface area (Å²) >= 11 is 0. The fourth-order valence-corrected chi connectivity index (χ4v) is 6.86. The van der Waals surface area contributed by atoms with Gasteiger partial charge in [-0.3, -0.25) is 9.69 Å². The molecular formula is C34H40F5N7O3. The van der Waals surface area contributed by atoms with Gasteiger partial charge in [0.05, 0.1) is 11.1 Å². The molecule has 10 nitrogen and oxygen atoms in total. The molecule has 0 amide bonds. The van der Waals surface area contributed by atoms with E-state index < -0.39 is 40.5 Å². The molecule has 0 atom stereocenters. The first kappa shape index (κ1) is 35.9. The van der Waals surface area contributed by atoms with E-state index in [0.717, 1.165) is 57.0 Å². The Kier molecular flexibility index (Phi) is 10.7. The monoisotopic (exact) mass is 689 g/mol. The lowest BCUT2D eigenvalue weighted by atomic mass is 9.95. The van der Waals surface area contributed by atoms with Crippen LogP contribution in [0.1, 0.15) is 45.1 Å². The van der Waals surface area contributed by atoms with E-state index in [4.69, 9.17) is 19.7 Å². The summed E-state index contributed by atoms with van der Waals surface area (Å²) in [7, 11) is 1.95. The number of oxazole rings is 1. The number of nitrogens with zero attached hydrogens (tertiary/aromatic N) is 6. The summed E-state index contributed by atoms with van der Waals surface area (Å²) < 4.78 is 86.3. The van der Waals surface area contributed by atoms with Crippen molar-refractivity contribution in [3.8, 4) is 17.1 Å². The molecule has 264 valence electrons. The molecule has 0 spiro atoms. The number of hydrogen-bond acceptors (Lipinski definition) is 10. The van der Waals surface area contributed by atoms with E-state index in [1.807, 2.05) is 25.8 Å². The normalized spacial score (nSPS) is 17.7. The van der Waals surface area contributed by atoms with Gasteiger partial charge in [0.25, 0.3) is 6.01 Å². The number of carbonyl (C=O) groups excluding carboxylic acids is 1. The van der Waals surface area contributed by atoms with E-state index in [9.17, 15) is 17.6 Å². The van der Waals surface area contributed by atoms with Crippen LogP contribution in [0.5, 0.6) is 6.01 Å². The Labute approximate surface area is 280 Å². The Bertz CT molecular complexity index is 1810. The number of hydrogen-bond donors (Lipinski definition) is 1. The Morgan fingerprint density at radius 1 is 1.02 bits per heavy atom. The minimum atomic E-state index is -4.98. The van der Waals surface area contributed by atoms with Crippen molar-refractivity contribution in [2.75, 3.05) is 63.6 Å². The lowest BCUT2D eigenvalue weighted by molar-refractivity contribution is -0.137. The number of benzene rings is 2. The van der Waals surface area contributed by atoms with Crippen LogP contribution in [0, 0.1) is 11.6 Å². The Hall–Kier alpha value is -4.37. The van der Waals surface area contributed by atoms with Crippen molar-refractivity contribution in [3.05, 3.63) is 48.1 Å². The van der Waals surface area contributed by atoms with Crippen LogP contribution in [-0.4, -0.2) is 89.5 Å². The standard InChI is InChI=1S/C29H30F5N7O2.C3H4O.C2H6/c1-39-10-12-40(13-11-39)25-17-14-18(29(32,33)34)20(16-4-5-19(30)24-23(16)36-26(35)43-24)21(31)22(17)37-27(38-25)42-15-28-6-2-8-41(28)9-3-7-28;1-2-3-4;1-2/h4-5,14H,2-3,6-13,15H2,1H3,(H2,35,36);2-3H,1H2;1-2H3. The number of allylic oxidation sites excluding steroid dienone is 1. The van der Waals surface area contributed by atoms with Crippen LogP contribution in [0.3, 0.4) is 0 Å². The van der Waals surface area contributed by atoms with Crippen molar-refractivity contribution in [1.29, 1.82) is 0 Å². The van der Waals surface area contributed by atoms with Gasteiger partial charge in [0.1, 0.15) is 29.7 Å². The Morgan fingerprint density at radius 2 is 1.67 bits per heavy atom. The SMILES string of the molecule is C=CC=O.CC.CN1CCN(c2nc(OCC34CCCN3CCC4)nc3c(F)c(-c4ccc(F)c5oc(N)nc45)c(C(F)(F)F)cc23)CC1. The number of piperazine rings is 1. The number of ether oxygens (including phenoxy) is 1. The van der Waals surface area contributed by atoms with E-state index in [-0.39, 0.29) is 39.4 Å². The third-order valence-corrected chi connectivity index (χ3v) is 9.16. The third kappa shape index (κ3) is 7.04. The molecule has 49 heavy (non-hydrogen) atoms. The zero-order chi connectivity index (χ0) is 35.5. The van der Waals surface area contributed by atoms with Crippen LogP contribution in [0.4, 0.5) is 33.8 Å². The van der Waals surface area contributed by atoms with Crippen molar-refractivity contribution in [2.24, 2.45) is 0 Å². The second kappa shape index (κ2) is 14.6. The smallest absolute Gasteiger partial charge is 0.417 e. The first-order valence-electron chi connectivity index (χ1n) is 16.3. The molecule has 15 heteroatoms. The second-order valence-corrected chi connectivity index (χ2v) is 12.0. The topological polar surface area (TPSA) is 114 Å². The maximum atomic E-state index is 16.7. The molecule has 3 aliphatic rings. The van der Waals surface area contributed by atoms with Gasteiger partial charge in [0, 0.05) is 42.7 Å². The zero-order valence-corrected chi connectivity index (χ0v) is 27.7. The summed E-state index contributed by atoms with van der Waals surface area (Å²) in [6.07, 6.45) is 0.862. The summed E-state index contributed by atoms with van der Waals surface area (Å²) in [6, 6.07) is 2.23. The number of rotatable bonds is 6. The molecule has 2 N–H and O–H groups in total. The summed E-state index contributed by atoms with van der Waals surface area (Å²) in [4.78, 5) is 28.2. The number of halogens is 5. The zero-order valence-electron chi connectivity index (χ0n) is 27.7. The number of anilines is 2. The molecule has 0 unspecified atom stereocenters. The summed E-state index contributed by atoms with van der Waals surface area (Å²) in [5.41, 5.74) is 1.90. The number of aldehydes is 1. The Morgan fingerprint density at radius 3 is 2.29 bits per heavy atom. The van der Waals surface area contributed by atoms with Crippen molar-refractivity contribution in [2.45, 2.75) is 51.2 Å². The highest BCUT2D eigenvalue weighted by molar-refractivity contribution is 5.99. The fraction of sp³-hybridized carbons (Fsp3) is 0.471. The molecule has 0 radical (unpaired) electrons. The van der Waals surface area contributed by atoms with E-state index in [0.29, 0.717) is 39.1 Å². The lowest BCUT2D eigenvalue weighted by Gasteiger charge is -2.34. The minimum absolute atomic E-state index is 0.0926. The predicted octanol–water partition coefficient (Wildman–Crippen LogP) is 6.47. The second-order valence-electron chi connectivity index (χ2n) is 12.0. The molecule has 3 saturated heterocycles. The van der Waals surface area contributed by atoms with Crippen molar-refractivity contribution < 1.29 is 35.9 Å². The predicted molar refractivity (Wildman–Crippen MR) is 177 cm³/mol. The van der Waals surface area contributed by atoms with Crippen LogP contribution in [0.15, 0.2) is 35.3 Å². The van der Waals surface area contributed by atoms with Gasteiger partial charge < -0.3 is 24.7 Å². The third-order valence-electron chi connectivity index (χ3n) is 9.16. The molecule has 3 fully saturated rings. The van der Waals surface area contributed by atoms with E-state index in [1.165, 1.54) is 6.08 Å². The number of likely N-dealkylation sites (N-methyl/N-ethyl adjacent to an activating group) is 1. The lowest BCUT2D eigenvalue weighted by Crippen LogP contribution is -2.45. The number of nitrogen functional groups attached to an aromatic ring is 1. The quantitative estimate of drug-likeness (QED) is 0.137. The van der Waals surface area contributed by atoms with Gasteiger partial charge in [-0.2, -0.15) is 28.1 Å². The van der Waals surface area contributed by atoms with Crippen LogP contribution in [0.25, 0.3) is 33.1 Å². The highest BCUT2D eigenvalue weighted by Crippen LogP contribution is 2.46. The molecule has 0 bridgehead atoms. The largest absolute Gasteiger partial charge is 0.461 e. The molecule has 7 rings (SSSR count). The molecule has 2 aromatic carbocycles. The first-order chi connectivity index (χ1) is 23.5. The van der Waals surface area contributed by atoms with Gasteiger partial charge in [-0.05, 0) is 70.1 Å². The van der Waals surface area contributed by atoms with Crippen LogP contribution < -0.4 is 15.4 Å². The number of aromatic nitrogens is 3. The number of nitrogens with two attached hydrogens (primary N) is 1. The fourth-order valence-electron chi connectivity index (χ4n) is 6.86. The average Bonchev–Trinajstić information content (AvgIpc) is 3.80. The number of alkyl halides is 3. The van der Waals surface area contributed by atoms with Crippen molar-refractivity contribution in [3.63, 3.8) is 0 Å². The van der Waals surface area contributed by atoms with E-state index in [2.05, 4.69) is 31.3 Å². The molecular weight excluding hydrogens is 649 g/mol. The first-order valence-corrected chi connectivity index (χ1v) is 16.3. The van der Waals surface area contributed by atoms with E-state index in [1.54, 1.807) is 0 Å². The summed E-state index contributed by atoms with van der Waals surface area (Å²) in [6.45, 7) is 11.6. The maximum absolute atomic E-state index is 16.7. The van der Waals surface area contributed by atoms with Crippen LogP contribution in [-0.2, 0) is 11.0 Å². The Balaban J connectivity index is 0.000000729. The number of fused-ring (bicyclic) bond motifs is 3. The molecule has 2 aromatic heterocycles. The molecule has 4 aromatic rings. The molecule has 0 aliphatic carbocycles. The summed E-state index contributed by atoms with van der Waals surface area (Å²) in [5.74, 6) is -1.96. The van der Waals surface area contributed by atoms with Crippen molar-refractivity contribution >= 4 is 40.1 Å². The minimum Gasteiger partial charge on any atom is -0.461 e. The highest BCUT2D eigenvalue weighted by Gasteiger charge is 2.45. The van der Waals surface area contributed by atoms with Gasteiger partial charge in [-0.15, -0.1) is 0 Å². The van der Waals surface area contributed by atoms with Crippen LogP contribution >= 0.6 is 0 Å². The van der Waals surface area contributed by atoms with Crippen molar-refractivity contribution in [1.82, 2.24) is 24.8 Å². The van der Waals surface area contributed by atoms with Gasteiger partial charge in [-0.1, -0.05) is 20.4 Å². The highest BCUT2D eigenvalue weighted by atomic mass is 19.4.